The summed E-state index contributed by atoms with van der Waals surface area (Å²) in [5.41, 5.74) is 1.49. The predicted molar refractivity (Wildman–Crippen MR) is 191 cm³/mol. The van der Waals surface area contributed by atoms with E-state index in [2.05, 4.69) is 48.9 Å². The van der Waals surface area contributed by atoms with Gasteiger partial charge in [-0.1, -0.05) is 53.7 Å². The Kier molecular flexibility index (Phi) is 11.4. The van der Waals surface area contributed by atoms with Crippen LogP contribution in [0.2, 0.25) is 0 Å². The van der Waals surface area contributed by atoms with Gasteiger partial charge in [0.2, 0.25) is 11.5 Å². The summed E-state index contributed by atoms with van der Waals surface area (Å²) < 4.78 is 10.8. The Morgan fingerprint density at radius 2 is 1.62 bits per heavy atom. The smallest absolute Gasteiger partial charge is 0.413 e. The number of carboxylic acid groups (broad SMARTS) is 1. The number of nitrogens with one attached hydrogen (secondary N) is 5. The minimum Gasteiger partial charge on any atom is -0.478 e. The van der Waals surface area contributed by atoms with E-state index in [0.29, 0.717) is 6.54 Å². The van der Waals surface area contributed by atoms with Crippen LogP contribution in [0.1, 0.15) is 57.4 Å². The van der Waals surface area contributed by atoms with Crippen molar-refractivity contribution in [3.63, 3.8) is 0 Å². The van der Waals surface area contributed by atoms with Gasteiger partial charge >= 0.3 is 18.2 Å². The van der Waals surface area contributed by atoms with E-state index in [1.54, 1.807) is 20.8 Å². The number of aliphatic carboxylic acids is 1. The fourth-order valence-electron chi connectivity index (χ4n) is 5.38. The number of amides is 4. The quantitative estimate of drug-likeness (QED) is 0.0611. The van der Waals surface area contributed by atoms with Crippen LogP contribution in [0.4, 0.5) is 14.7 Å². The highest BCUT2D eigenvalue weighted by molar-refractivity contribution is 7.14. The lowest BCUT2D eigenvalue weighted by molar-refractivity contribution is -0.161. The molecule has 1 aromatic heterocycles. The SMILES string of the molecule is CC(C)(C)OC(=O)Nc1nc(/C(=N/OC(C)(C)C(=O)O)C(=O)N[C@@H]2C(=O)N[C@@H]2CNCCNC(=O)OCC2c3ccccc3-c3ccccc32)cs1. The number of nitrogens with zero attached hydrogens (tertiary/aromatic N) is 2. The van der Waals surface area contributed by atoms with Crippen LogP contribution in [-0.2, 0) is 28.7 Å². The Bertz CT molecular complexity index is 1820. The molecule has 0 saturated carbocycles. The molecule has 4 amide bonds. The third kappa shape index (κ3) is 9.21. The number of carbonyl (C=O) groups excluding carboxylic acids is 4. The van der Waals surface area contributed by atoms with Gasteiger partial charge in [0.1, 0.15) is 23.9 Å². The summed E-state index contributed by atoms with van der Waals surface area (Å²) in [6.45, 7) is 8.59. The van der Waals surface area contributed by atoms with E-state index in [-0.39, 0.29) is 36.4 Å². The molecule has 2 aromatic carbocycles. The van der Waals surface area contributed by atoms with Gasteiger partial charge in [-0.15, -0.1) is 11.3 Å². The number of hydrogen-bond acceptors (Lipinski definition) is 12. The first kappa shape index (κ1) is 37.7. The maximum Gasteiger partial charge on any atom is 0.413 e. The summed E-state index contributed by atoms with van der Waals surface area (Å²) in [6, 6.07) is 14.7. The number of anilines is 1. The number of hydrogen-bond donors (Lipinski definition) is 6. The van der Waals surface area contributed by atoms with Gasteiger partial charge in [-0.3, -0.25) is 14.9 Å². The molecular weight excluding hydrogens is 694 g/mol. The number of benzene rings is 2. The van der Waals surface area contributed by atoms with E-state index in [1.165, 1.54) is 19.2 Å². The number of ether oxygens (including phenoxy) is 2. The summed E-state index contributed by atoms with van der Waals surface area (Å²) in [5, 5.41) is 28.3. The highest BCUT2D eigenvalue weighted by atomic mass is 32.1. The van der Waals surface area contributed by atoms with Crippen LogP contribution in [0.25, 0.3) is 11.1 Å². The highest BCUT2D eigenvalue weighted by Crippen LogP contribution is 2.44. The molecule has 1 saturated heterocycles. The second kappa shape index (κ2) is 15.8. The molecule has 276 valence electrons. The normalized spacial score (nSPS) is 16.8. The molecule has 1 fully saturated rings. The molecule has 2 heterocycles. The standard InChI is InChI=1S/C35H41N7O9S/c1-34(2,3)50-33(48)41-31-39-25(18-52-31)27(42-51-35(4,5)30(45)46)29(44)40-26-24(38-28(26)43)16-36-14-15-37-32(47)49-17-23-21-12-8-6-10-19(21)20-11-7-9-13-22(20)23/h6-13,18,23-24,26,36H,14-17H2,1-5H3,(H,37,47)(H,38,43)(H,40,44)(H,45,46)(H,39,41,48)/b42-27-/t24-,26+/m1/s1. The largest absolute Gasteiger partial charge is 0.478 e. The van der Waals surface area contributed by atoms with Crippen molar-refractivity contribution < 1.29 is 43.4 Å². The third-order valence-corrected chi connectivity index (χ3v) is 8.79. The summed E-state index contributed by atoms with van der Waals surface area (Å²) in [5.74, 6) is -2.71. The van der Waals surface area contributed by atoms with Gasteiger partial charge in [-0.25, -0.2) is 19.4 Å². The first-order chi connectivity index (χ1) is 24.6. The number of oxime groups is 1. The molecule has 6 N–H and O–H groups in total. The topological polar surface area (TPSA) is 219 Å². The predicted octanol–water partition coefficient (Wildman–Crippen LogP) is 3.19. The van der Waals surface area contributed by atoms with Crippen molar-refractivity contribution >= 4 is 52.2 Å². The molecule has 2 aliphatic rings. The Morgan fingerprint density at radius 3 is 2.23 bits per heavy atom. The van der Waals surface area contributed by atoms with Gasteiger partial charge in [-0.05, 0) is 56.9 Å². The van der Waals surface area contributed by atoms with Crippen LogP contribution in [-0.4, -0.2) is 95.3 Å². The summed E-state index contributed by atoms with van der Waals surface area (Å²) >= 11 is 0.967. The molecule has 0 bridgehead atoms. The molecule has 0 radical (unpaired) electrons. The average molecular weight is 736 g/mol. The van der Waals surface area contributed by atoms with Gasteiger partial charge in [0.05, 0.1) is 6.04 Å². The van der Waals surface area contributed by atoms with E-state index >= 15 is 0 Å². The number of carboxylic acids is 1. The third-order valence-electron chi connectivity index (χ3n) is 8.03. The van der Waals surface area contributed by atoms with Gasteiger partial charge in [0.25, 0.3) is 5.91 Å². The molecule has 16 nitrogen and oxygen atoms in total. The van der Waals surface area contributed by atoms with Crippen LogP contribution in [0.3, 0.4) is 0 Å². The van der Waals surface area contributed by atoms with Crippen molar-refractivity contribution in [2.45, 2.75) is 63.8 Å². The number of alkyl carbamates (subject to hydrolysis) is 1. The Labute approximate surface area is 303 Å². The second-order valence-electron chi connectivity index (χ2n) is 13.5. The van der Waals surface area contributed by atoms with E-state index in [4.69, 9.17) is 14.3 Å². The lowest BCUT2D eigenvalue weighted by Gasteiger charge is -2.37. The van der Waals surface area contributed by atoms with E-state index < -0.39 is 59.0 Å². The maximum atomic E-state index is 13.4. The molecule has 0 spiro atoms. The van der Waals surface area contributed by atoms with Crippen LogP contribution >= 0.6 is 11.3 Å². The van der Waals surface area contributed by atoms with Crippen molar-refractivity contribution in [1.82, 2.24) is 26.3 Å². The van der Waals surface area contributed by atoms with E-state index in [9.17, 15) is 29.1 Å². The molecule has 17 heteroatoms. The number of aromatic nitrogens is 1. The zero-order valence-electron chi connectivity index (χ0n) is 29.3. The molecule has 2 atom stereocenters. The van der Waals surface area contributed by atoms with Gasteiger partial charge < -0.3 is 40.7 Å². The molecule has 52 heavy (non-hydrogen) atoms. The van der Waals surface area contributed by atoms with Gasteiger partial charge in [-0.2, -0.15) is 0 Å². The molecule has 1 aliphatic carbocycles. The summed E-state index contributed by atoms with van der Waals surface area (Å²) in [4.78, 5) is 71.5. The molecule has 5 rings (SSSR count). The van der Waals surface area contributed by atoms with E-state index in [1.807, 2.05) is 36.4 Å². The van der Waals surface area contributed by atoms with Crippen molar-refractivity contribution in [3.8, 4) is 11.1 Å². The Morgan fingerprint density at radius 1 is 0.962 bits per heavy atom. The zero-order chi connectivity index (χ0) is 37.6. The number of fused-ring (bicyclic) bond motifs is 3. The Balaban J connectivity index is 1.11. The Hall–Kier alpha value is -5.55. The fourth-order valence-corrected chi connectivity index (χ4v) is 6.06. The van der Waals surface area contributed by atoms with Crippen LogP contribution in [0.5, 0.6) is 0 Å². The lowest BCUT2D eigenvalue weighted by Crippen LogP contribution is -2.72. The van der Waals surface area contributed by atoms with Crippen molar-refractivity contribution in [2.24, 2.45) is 5.16 Å². The van der Waals surface area contributed by atoms with Crippen molar-refractivity contribution in [2.75, 3.05) is 31.6 Å². The minimum atomic E-state index is -1.80. The fraction of sp³-hybridized carbons (Fsp3) is 0.400. The lowest BCUT2D eigenvalue weighted by atomic mass is 9.98. The second-order valence-corrected chi connectivity index (χ2v) is 14.4. The molecule has 0 unspecified atom stereocenters. The zero-order valence-corrected chi connectivity index (χ0v) is 30.1. The van der Waals surface area contributed by atoms with Crippen LogP contribution < -0.4 is 26.6 Å². The summed E-state index contributed by atoms with van der Waals surface area (Å²) in [6.07, 6.45) is -1.33. The van der Waals surface area contributed by atoms with Crippen LogP contribution in [0.15, 0.2) is 59.1 Å². The molecule has 1 aliphatic heterocycles. The number of β-lactam (4-membered cyclic amide) rings is 1. The van der Waals surface area contributed by atoms with Crippen molar-refractivity contribution in [3.05, 3.63) is 70.7 Å². The minimum absolute atomic E-state index is 0.0385. The average Bonchev–Trinajstić information content (AvgIpc) is 3.66. The number of rotatable bonds is 14. The number of carbonyl (C=O) groups is 5. The highest BCUT2D eigenvalue weighted by Gasteiger charge is 2.41. The van der Waals surface area contributed by atoms with Gasteiger partial charge in [0.15, 0.2) is 10.8 Å². The van der Waals surface area contributed by atoms with Crippen molar-refractivity contribution in [1.29, 1.82) is 0 Å². The molecular formula is C35H41N7O9S. The first-order valence-corrected chi connectivity index (χ1v) is 17.4. The van der Waals surface area contributed by atoms with Crippen LogP contribution in [0, 0.1) is 0 Å². The monoisotopic (exact) mass is 735 g/mol. The summed E-state index contributed by atoms with van der Waals surface area (Å²) in [7, 11) is 0. The van der Waals surface area contributed by atoms with Gasteiger partial charge in [0, 0.05) is 30.9 Å². The van der Waals surface area contributed by atoms with E-state index in [0.717, 1.165) is 33.6 Å². The maximum absolute atomic E-state index is 13.4. The first-order valence-electron chi connectivity index (χ1n) is 16.5. The number of thiazole rings is 1. The molecule has 3 aromatic rings.